The molecular formula is C29H7N9. The van der Waals surface area contributed by atoms with Gasteiger partial charge in [0.25, 0.3) is 0 Å². The second-order valence-corrected chi connectivity index (χ2v) is 7.37. The molecule has 0 atom stereocenters. The van der Waals surface area contributed by atoms with Crippen LogP contribution in [0.25, 0.3) is 11.1 Å². The molecule has 168 valence electrons. The summed E-state index contributed by atoms with van der Waals surface area (Å²) in [6.45, 7) is 0. The largest absolute Gasteiger partial charge is 0.192 e. The third-order valence-electron chi connectivity index (χ3n) is 5.51. The Kier molecular flexibility index (Phi) is 7.24. The molecule has 0 saturated heterocycles. The van der Waals surface area contributed by atoms with Gasteiger partial charge in [-0.3, -0.25) is 0 Å². The molecule has 3 aromatic carbocycles. The highest BCUT2D eigenvalue weighted by Gasteiger charge is 2.19. The lowest BCUT2D eigenvalue weighted by atomic mass is 9.90. The summed E-state index contributed by atoms with van der Waals surface area (Å²) in [6, 6.07) is 26.1. The van der Waals surface area contributed by atoms with Crippen LogP contribution in [0.2, 0.25) is 0 Å². The van der Waals surface area contributed by atoms with Gasteiger partial charge in [0.15, 0.2) is 0 Å². The van der Waals surface area contributed by atoms with Gasteiger partial charge in [0.1, 0.15) is 48.6 Å². The predicted octanol–water partition coefficient (Wildman–Crippen LogP) is 2.23. The first-order valence-corrected chi connectivity index (χ1v) is 10.3. The number of nitrogens with zero attached hydrogens (tertiary/aromatic N) is 9. The molecule has 0 aliphatic heterocycles. The van der Waals surface area contributed by atoms with Gasteiger partial charge in [-0.1, -0.05) is 12.1 Å². The van der Waals surface area contributed by atoms with E-state index in [1.807, 2.05) is 54.6 Å². The molecular weight excluding hydrogens is 474 g/mol. The van der Waals surface area contributed by atoms with E-state index in [0.29, 0.717) is 0 Å². The van der Waals surface area contributed by atoms with Crippen molar-refractivity contribution in [3.05, 3.63) is 103 Å². The van der Waals surface area contributed by atoms with Gasteiger partial charge in [-0.05, 0) is 41.5 Å². The molecule has 0 radical (unpaired) electrons. The van der Waals surface area contributed by atoms with Gasteiger partial charge in [-0.15, -0.1) is 0 Å². The van der Waals surface area contributed by atoms with Gasteiger partial charge in [-0.2, -0.15) is 47.4 Å². The van der Waals surface area contributed by atoms with E-state index in [1.165, 1.54) is 42.5 Å². The van der Waals surface area contributed by atoms with Gasteiger partial charge in [0, 0.05) is 10.4 Å². The third kappa shape index (κ3) is 4.20. The SMILES string of the molecule is N#C/C(c1ccc(C#N)c(C#N)c1)=c1/cc(C#N)/c(=C(\C#N)c2ccc(C#N)c(C#N)c2)c(C#N)c1C#N. The molecule has 0 aliphatic rings. The van der Waals surface area contributed by atoms with Crippen LogP contribution in [0.3, 0.4) is 0 Å². The first-order valence-electron chi connectivity index (χ1n) is 10.3. The molecule has 0 heterocycles. The second kappa shape index (κ2) is 10.8. The Balaban J connectivity index is 2.62. The lowest BCUT2D eigenvalue weighted by Gasteiger charge is -2.08. The molecule has 9 heteroatoms. The van der Waals surface area contributed by atoms with Crippen LogP contribution in [0.1, 0.15) is 50.1 Å². The van der Waals surface area contributed by atoms with Gasteiger partial charge < -0.3 is 0 Å². The highest BCUT2D eigenvalue weighted by Crippen LogP contribution is 2.19. The van der Waals surface area contributed by atoms with Crippen molar-refractivity contribution >= 4 is 11.1 Å². The molecule has 0 aromatic heterocycles. The minimum Gasteiger partial charge on any atom is -0.192 e. The van der Waals surface area contributed by atoms with E-state index >= 15 is 0 Å². The molecule has 0 aliphatic carbocycles. The number of hydrogen-bond acceptors (Lipinski definition) is 9. The Hall–Kier alpha value is -7.19. The molecule has 0 fully saturated rings. The summed E-state index contributed by atoms with van der Waals surface area (Å²) in [5, 5.41) is 86.8. The number of rotatable bonds is 2. The van der Waals surface area contributed by atoms with Crippen LogP contribution in [-0.2, 0) is 0 Å². The smallest absolute Gasteiger partial charge is 0.101 e. The Bertz CT molecular complexity index is 2070. The molecule has 38 heavy (non-hydrogen) atoms. The van der Waals surface area contributed by atoms with Crippen molar-refractivity contribution in [2.24, 2.45) is 0 Å². The first kappa shape index (κ1) is 25.4. The number of hydrogen-bond donors (Lipinski definition) is 0. The zero-order valence-corrected chi connectivity index (χ0v) is 19.1. The Morgan fingerprint density at radius 2 is 0.868 bits per heavy atom. The molecule has 9 nitrogen and oxygen atoms in total. The van der Waals surface area contributed by atoms with Crippen molar-refractivity contribution in [3.8, 4) is 54.6 Å². The first-order chi connectivity index (χ1) is 18.5. The predicted molar refractivity (Wildman–Crippen MR) is 128 cm³/mol. The summed E-state index contributed by atoms with van der Waals surface area (Å²) in [5.41, 5.74) is -0.733. The molecule has 0 saturated carbocycles. The Morgan fingerprint density at radius 3 is 1.26 bits per heavy atom. The quantitative estimate of drug-likeness (QED) is 0.523. The molecule has 0 N–H and O–H groups in total. The summed E-state index contributed by atoms with van der Waals surface area (Å²) >= 11 is 0. The van der Waals surface area contributed by atoms with Crippen molar-refractivity contribution < 1.29 is 0 Å². The summed E-state index contributed by atoms with van der Waals surface area (Å²) < 4.78 is 0. The standard InChI is InChI=1S/C29H7N9/c30-8-19-3-1-17(5-21(19)10-32)25(13-35)24-7-23(12-34)29(28(16-38)27(24)15-37)26(14-36)18-2-4-20(9-31)22(6-18)11-33/h1-7H/b25-24+,29-26-. The highest BCUT2D eigenvalue weighted by molar-refractivity contribution is 5.83. The maximum atomic E-state index is 10.0. The Morgan fingerprint density at radius 1 is 0.421 bits per heavy atom. The average Bonchev–Trinajstić information content (AvgIpc) is 2.97. The van der Waals surface area contributed by atoms with Gasteiger partial charge >= 0.3 is 0 Å². The highest BCUT2D eigenvalue weighted by atomic mass is 14.3. The fourth-order valence-corrected chi connectivity index (χ4v) is 3.78. The lowest BCUT2D eigenvalue weighted by molar-refractivity contribution is 1.32. The fourth-order valence-electron chi connectivity index (χ4n) is 3.78. The van der Waals surface area contributed by atoms with Crippen LogP contribution in [0, 0.1) is 102 Å². The van der Waals surface area contributed by atoms with E-state index in [9.17, 15) is 47.4 Å². The van der Waals surface area contributed by atoms with E-state index in [1.54, 1.807) is 0 Å². The van der Waals surface area contributed by atoms with Crippen LogP contribution < -0.4 is 10.4 Å². The number of nitriles is 9. The average molecular weight is 481 g/mol. The van der Waals surface area contributed by atoms with Crippen molar-refractivity contribution in [1.29, 1.82) is 47.4 Å². The van der Waals surface area contributed by atoms with E-state index in [4.69, 9.17) is 0 Å². The van der Waals surface area contributed by atoms with E-state index < -0.39 is 0 Å². The summed E-state index contributed by atoms with van der Waals surface area (Å²) in [5.74, 6) is 0. The van der Waals surface area contributed by atoms with E-state index in [-0.39, 0.29) is 71.7 Å². The molecule has 0 amide bonds. The van der Waals surface area contributed by atoms with Crippen molar-refractivity contribution in [2.75, 3.05) is 0 Å². The molecule has 0 spiro atoms. The summed E-state index contributed by atoms with van der Waals surface area (Å²) in [7, 11) is 0. The molecule has 3 rings (SSSR count). The molecule has 0 unspecified atom stereocenters. The monoisotopic (exact) mass is 481 g/mol. The minimum atomic E-state index is -0.345. The molecule has 3 aromatic rings. The van der Waals surface area contributed by atoms with Crippen molar-refractivity contribution in [1.82, 2.24) is 0 Å². The topological polar surface area (TPSA) is 214 Å². The van der Waals surface area contributed by atoms with Crippen LogP contribution >= 0.6 is 0 Å². The van der Waals surface area contributed by atoms with Crippen molar-refractivity contribution in [2.45, 2.75) is 0 Å². The lowest BCUT2D eigenvalue weighted by Crippen LogP contribution is -2.26. The van der Waals surface area contributed by atoms with Crippen LogP contribution in [0.4, 0.5) is 0 Å². The van der Waals surface area contributed by atoms with Crippen LogP contribution in [-0.4, -0.2) is 0 Å². The zero-order valence-electron chi connectivity index (χ0n) is 19.1. The van der Waals surface area contributed by atoms with Crippen LogP contribution in [0.5, 0.6) is 0 Å². The zero-order chi connectivity index (χ0) is 27.8. The second-order valence-electron chi connectivity index (χ2n) is 7.37. The third-order valence-corrected chi connectivity index (χ3v) is 5.51. The van der Waals surface area contributed by atoms with Crippen molar-refractivity contribution in [3.63, 3.8) is 0 Å². The van der Waals surface area contributed by atoms with Crippen LogP contribution in [0.15, 0.2) is 42.5 Å². The Labute approximate surface area is 216 Å². The minimum absolute atomic E-state index is 0.0110. The fraction of sp³-hybridized carbons (Fsp3) is 0. The van der Waals surface area contributed by atoms with E-state index in [2.05, 4.69) is 0 Å². The van der Waals surface area contributed by atoms with Gasteiger partial charge in [0.05, 0.1) is 56.2 Å². The summed E-state index contributed by atoms with van der Waals surface area (Å²) in [6.07, 6.45) is 0. The maximum Gasteiger partial charge on any atom is 0.101 e. The summed E-state index contributed by atoms with van der Waals surface area (Å²) in [4.78, 5) is 0. The molecule has 0 bridgehead atoms. The number of benzene rings is 3. The van der Waals surface area contributed by atoms with Gasteiger partial charge in [0.2, 0.25) is 0 Å². The maximum absolute atomic E-state index is 10.0. The van der Waals surface area contributed by atoms with E-state index in [0.717, 1.165) is 0 Å². The normalized spacial score (nSPS) is 10.7. The van der Waals surface area contributed by atoms with Gasteiger partial charge in [-0.25, -0.2) is 0 Å².